The van der Waals surface area contributed by atoms with E-state index in [2.05, 4.69) is 30.9 Å². The van der Waals surface area contributed by atoms with Crippen LogP contribution in [-0.4, -0.2) is 45.9 Å². The minimum absolute atomic E-state index is 0.145. The van der Waals surface area contributed by atoms with Crippen molar-refractivity contribution in [2.24, 2.45) is 0 Å². The molecular weight excluding hydrogens is 346 g/mol. The molecule has 0 saturated carbocycles. The lowest BCUT2D eigenvalue weighted by atomic mass is 10.1. The number of hydrogen-bond acceptors (Lipinski definition) is 3. The van der Waals surface area contributed by atoms with Gasteiger partial charge in [0.05, 0.1) is 12.1 Å². The summed E-state index contributed by atoms with van der Waals surface area (Å²) in [6.45, 7) is 2.45. The summed E-state index contributed by atoms with van der Waals surface area (Å²) in [5.41, 5.74) is 0.980. The molecule has 2 atom stereocenters. The predicted octanol–water partition coefficient (Wildman–Crippen LogP) is 2.22. The third-order valence-corrected chi connectivity index (χ3v) is 4.01. The second kappa shape index (κ2) is 6.27. The molecular formula is C13H18FIN2O. The van der Waals surface area contributed by atoms with Crippen molar-refractivity contribution in [3.63, 3.8) is 0 Å². The number of aliphatic hydroxyl groups is 1. The number of halogens is 2. The molecule has 0 aromatic heterocycles. The average Bonchev–Trinajstić information content (AvgIpc) is 2.71. The summed E-state index contributed by atoms with van der Waals surface area (Å²) in [7, 11) is 1.99. The van der Waals surface area contributed by atoms with E-state index in [1.54, 1.807) is 12.1 Å². The fourth-order valence-electron chi connectivity index (χ4n) is 2.36. The first-order valence-corrected chi connectivity index (χ1v) is 7.07. The zero-order valence-corrected chi connectivity index (χ0v) is 12.5. The van der Waals surface area contributed by atoms with Gasteiger partial charge >= 0.3 is 0 Å². The fourth-order valence-corrected chi connectivity index (χ4v) is 2.86. The normalized spacial score (nSPS) is 22.6. The van der Waals surface area contributed by atoms with E-state index in [9.17, 15) is 9.50 Å². The molecule has 0 bridgehead atoms. The van der Waals surface area contributed by atoms with E-state index in [1.165, 1.54) is 6.07 Å². The van der Waals surface area contributed by atoms with Crippen LogP contribution >= 0.6 is 22.9 Å². The smallest absolute Gasteiger partial charge is 0.123 e. The Balaban J connectivity index is 2.09. The molecule has 1 N–H and O–H groups in total. The van der Waals surface area contributed by atoms with Crippen molar-refractivity contribution in [3.8, 4) is 0 Å². The maximum atomic E-state index is 13.3. The Kier molecular flexibility index (Phi) is 4.94. The number of hydrogen-bond donors (Lipinski definition) is 1. The van der Waals surface area contributed by atoms with Crippen molar-refractivity contribution in [1.82, 2.24) is 8.01 Å². The maximum absolute atomic E-state index is 13.3. The van der Waals surface area contributed by atoms with Crippen molar-refractivity contribution < 1.29 is 9.50 Å². The van der Waals surface area contributed by atoms with Crippen LogP contribution in [0.15, 0.2) is 24.3 Å². The number of likely N-dealkylation sites (N-methyl/N-ethyl adjacent to an activating group) is 1. The molecule has 1 aliphatic rings. The number of rotatable bonds is 4. The van der Waals surface area contributed by atoms with E-state index in [-0.39, 0.29) is 18.0 Å². The average molecular weight is 364 g/mol. The minimum Gasteiger partial charge on any atom is -0.392 e. The molecule has 1 aromatic carbocycles. The Hall–Kier alpha value is -0.240. The van der Waals surface area contributed by atoms with Crippen molar-refractivity contribution in [2.45, 2.75) is 18.6 Å². The molecule has 0 amide bonds. The standard InChI is InChI=1S/C13H18FIN2O/c1-16(15)13(9-17-6-5-12(18)8-17)10-3-2-4-11(14)7-10/h2-4,7,12-13,18H,5-6,8-9H2,1H3/t12-,13+/m0/s1. The van der Waals surface area contributed by atoms with Gasteiger partial charge in [-0.1, -0.05) is 12.1 Å². The fraction of sp³-hybridized carbons (Fsp3) is 0.538. The van der Waals surface area contributed by atoms with Crippen LogP contribution in [0.25, 0.3) is 0 Å². The Labute approximate surface area is 121 Å². The van der Waals surface area contributed by atoms with E-state index in [0.29, 0.717) is 0 Å². The lowest BCUT2D eigenvalue weighted by Crippen LogP contribution is -2.32. The van der Waals surface area contributed by atoms with Gasteiger partial charge in [0.2, 0.25) is 0 Å². The number of likely N-dealkylation sites (tertiary alicyclic amines) is 1. The quantitative estimate of drug-likeness (QED) is 0.656. The van der Waals surface area contributed by atoms with Gasteiger partial charge in [-0.2, -0.15) is 0 Å². The topological polar surface area (TPSA) is 26.7 Å². The molecule has 100 valence electrons. The van der Waals surface area contributed by atoms with Gasteiger partial charge in [0.25, 0.3) is 0 Å². The summed E-state index contributed by atoms with van der Waals surface area (Å²) >= 11 is 2.23. The Bertz CT molecular complexity index is 402. The molecule has 1 heterocycles. The molecule has 18 heavy (non-hydrogen) atoms. The minimum atomic E-state index is -0.210. The van der Waals surface area contributed by atoms with Gasteiger partial charge in [-0.05, 0) is 31.2 Å². The molecule has 0 unspecified atom stereocenters. The van der Waals surface area contributed by atoms with Gasteiger partial charge < -0.3 is 5.11 Å². The molecule has 1 aliphatic heterocycles. The Morgan fingerprint density at radius 1 is 1.61 bits per heavy atom. The molecule has 1 saturated heterocycles. The van der Waals surface area contributed by atoms with Gasteiger partial charge in [-0.15, -0.1) is 0 Å². The summed E-state index contributed by atoms with van der Waals surface area (Å²) in [5.74, 6) is -0.197. The molecule has 1 fully saturated rings. The van der Waals surface area contributed by atoms with Crippen molar-refractivity contribution in [1.29, 1.82) is 0 Å². The number of β-amino-alcohol motifs (C(OH)–C–C–N with tert-alkyl or cyclic N) is 1. The van der Waals surface area contributed by atoms with Crippen LogP contribution in [0.1, 0.15) is 18.0 Å². The van der Waals surface area contributed by atoms with E-state index in [4.69, 9.17) is 0 Å². The Morgan fingerprint density at radius 3 is 2.94 bits per heavy atom. The lowest BCUT2D eigenvalue weighted by Gasteiger charge is -2.27. The second-order valence-corrected chi connectivity index (χ2v) is 6.32. The molecule has 0 spiro atoms. The van der Waals surface area contributed by atoms with Gasteiger partial charge in [0.1, 0.15) is 5.82 Å². The van der Waals surface area contributed by atoms with E-state index in [1.807, 2.05) is 13.1 Å². The molecule has 2 rings (SSSR count). The largest absolute Gasteiger partial charge is 0.392 e. The maximum Gasteiger partial charge on any atom is 0.123 e. The van der Waals surface area contributed by atoms with Crippen LogP contribution in [-0.2, 0) is 0 Å². The molecule has 0 aliphatic carbocycles. The van der Waals surface area contributed by atoms with Crippen molar-refractivity contribution >= 4 is 22.9 Å². The molecule has 3 nitrogen and oxygen atoms in total. The SMILES string of the molecule is CN(I)[C@H](CN1CC[C@H](O)C1)c1cccc(F)c1. The predicted molar refractivity (Wildman–Crippen MR) is 78.0 cm³/mol. The van der Waals surface area contributed by atoms with E-state index < -0.39 is 0 Å². The highest BCUT2D eigenvalue weighted by molar-refractivity contribution is 14.1. The summed E-state index contributed by atoms with van der Waals surface area (Å²) in [5, 5.41) is 9.55. The van der Waals surface area contributed by atoms with Crippen molar-refractivity contribution in [2.75, 3.05) is 26.7 Å². The molecule has 0 radical (unpaired) electrons. The van der Waals surface area contributed by atoms with Crippen LogP contribution in [0.4, 0.5) is 4.39 Å². The monoisotopic (exact) mass is 364 g/mol. The van der Waals surface area contributed by atoms with Gasteiger partial charge in [-0.3, -0.25) is 4.90 Å². The highest BCUT2D eigenvalue weighted by atomic mass is 127. The molecule has 5 heteroatoms. The lowest BCUT2D eigenvalue weighted by molar-refractivity contribution is 0.169. The van der Waals surface area contributed by atoms with Crippen LogP contribution in [0, 0.1) is 5.82 Å². The zero-order valence-electron chi connectivity index (χ0n) is 10.4. The molecule has 1 aromatic rings. The van der Waals surface area contributed by atoms with Crippen LogP contribution in [0.5, 0.6) is 0 Å². The third kappa shape index (κ3) is 3.63. The number of aliphatic hydroxyl groups excluding tert-OH is 1. The first-order valence-electron chi connectivity index (χ1n) is 6.11. The van der Waals surface area contributed by atoms with Gasteiger partial charge in [0, 0.05) is 42.5 Å². The first-order chi connectivity index (χ1) is 8.56. The van der Waals surface area contributed by atoms with Crippen molar-refractivity contribution in [3.05, 3.63) is 35.6 Å². The number of benzene rings is 1. The summed E-state index contributed by atoms with van der Waals surface area (Å²) in [4.78, 5) is 2.23. The first kappa shape index (κ1) is 14.2. The second-order valence-electron chi connectivity index (χ2n) is 4.80. The summed E-state index contributed by atoms with van der Waals surface area (Å²) in [6, 6.07) is 6.90. The Morgan fingerprint density at radius 2 is 2.39 bits per heavy atom. The van der Waals surface area contributed by atoms with Gasteiger partial charge in [0.15, 0.2) is 0 Å². The van der Waals surface area contributed by atoms with E-state index >= 15 is 0 Å². The highest BCUT2D eigenvalue weighted by Gasteiger charge is 2.25. The zero-order chi connectivity index (χ0) is 13.1. The van der Waals surface area contributed by atoms with E-state index in [0.717, 1.165) is 31.6 Å². The third-order valence-electron chi connectivity index (χ3n) is 3.34. The highest BCUT2D eigenvalue weighted by Crippen LogP contribution is 2.25. The van der Waals surface area contributed by atoms with Crippen LogP contribution in [0.3, 0.4) is 0 Å². The summed E-state index contributed by atoms with van der Waals surface area (Å²) < 4.78 is 15.4. The summed E-state index contributed by atoms with van der Waals surface area (Å²) in [6.07, 6.45) is 0.624. The number of nitrogens with zero attached hydrogens (tertiary/aromatic N) is 2. The van der Waals surface area contributed by atoms with Crippen LogP contribution in [0.2, 0.25) is 0 Å². The van der Waals surface area contributed by atoms with Gasteiger partial charge in [-0.25, -0.2) is 7.50 Å². The van der Waals surface area contributed by atoms with Crippen LogP contribution < -0.4 is 0 Å².